The Morgan fingerprint density at radius 2 is 2.22 bits per heavy atom. The van der Waals surface area contributed by atoms with Crippen molar-refractivity contribution in [1.29, 1.82) is 0 Å². The van der Waals surface area contributed by atoms with Gasteiger partial charge in [0.15, 0.2) is 0 Å². The van der Waals surface area contributed by atoms with Crippen molar-refractivity contribution in [2.45, 2.75) is 45.6 Å². The predicted molar refractivity (Wildman–Crippen MR) is 73.3 cm³/mol. The van der Waals surface area contributed by atoms with Crippen LogP contribution in [0.1, 0.15) is 40.0 Å². The van der Waals surface area contributed by atoms with Gasteiger partial charge in [0.25, 0.3) is 0 Å². The molecule has 0 spiro atoms. The molecule has 1 fully saturated rings. The number of hydrogen-bond acceptors (Lipinski definition) is 3. The van der Waals surface area contributed by atoms with Gasteiger partial charge in [-0.25, -0.2) is 0 Å². The van der Waals surface area contributed by atoms with E-state index in [4.69, 9.17) is 0 Å². The van der Waals surface area contributed by atoms with E-state index in [-0.39, 0.29) is 5.91 Å². The number of carbonyl (C=O) groups is 1. The number of carbonyl (C=O) groups excluding carboxylic acids is 1. The Morgan fingerprint density at radius 3 is 2.72 bits per heavy atom. The summed E-state index contributed by atoms with van der Waals surface area (Å²) in [6, 6.07) is 0. The topological polar surface area (TPSA) is 52.6 Å². The fourth-order valence-electron chi connectivity index (χ4n) is 2.63. The third-order valence-electron chi connectivity index (χ3n) is 3.69. The van der Waals surface area contributed by atoms with Gasteiger partial charge in [-0.3, -0.25) is 4.79 Å². The Morgan fingerprint density at radius 1 is 1.56 bits per heavy atom. The molecule has 0 aromatic heterocycles. The minimum atomic E-state index is -0.819. The summed E-state index contributed by atoms with van der Waals surface area (Å²) in [4.78, 5) is 13.7. The Balaban J connectivity index is 2.38. The van der Waals surface area contributed by atoms with Gasteiger partial charge in [0.1, 0.15) is 0 Å². The standard InChI is InChI=1S/C14H28N2O2/c1-11(12-6-5-7-15-9-12)8-13(17)16(4)10-14(2,3)18/h11-12,15,18H,5-10H2,1-4H3. The molecule has 2 atom stereocenters. The third kappa shape index (κ3) is 5.36. The fourth-order valence-corrected chi connectivity index (χ4v) is 2.63. The van der Waals surface area contributed by atoms with Crippen LogP contribution in [0, 0.1) is 11.8 Å². The molecule has 1 aliphatic rings. The van der Waals surface area contributed by atoms with E-state index in [0.717, 1.165) is 13.1 Å². The highest BCUT2D eigenvalue weighted by Gasteiger charge is 2.25. The summed E-state index contributed by atoms with van der Waals surface area (Å²) in [5, 5.41) is 13.1. The van der Waals surface area contributed by atoms with E-state index in [1.165, 1.54) is 12.8 Å². The Bertz CT molecular complexity index is 267. The lowest BCUT2D eigenvalue weighted by Gasteiger charge is -2.30. The maximum absolute atomic E-state index is 12.1. The molecule has 0 radical (unpaired) electrons. The second kappa shape index (κ2) is 6.53. The summed E-state index contributed by atoms with van der Waals surface area (Å²) < 4.78 is 0. The van der Waals surface area contributed by atoms with Crippen molar-refractivity contribution in [2.75, 3.05) is 26.7 Å². The molecule has 0 aromatic carbocycles. The quantitative estimate of drug-likeness (QED) is 0.778. The monoisotopic (exact) mass is 256 g/mol. The molecular weight excluding hydrogens is 228 g/mol. The molecule has 0 aliphatic carbocycles. The molecule has 0 bridgehead atoms. The van der Waals surface area contributed by atoms with E-state index in [1.807, 2.05) is 0 Å². The van der Waals surface area contributed by atoms with Gasteiger partial charge in [0, 0.05) is 20.0 Å². The number of piperidine rings is 1. The van der Waals surface area contributed by atoms with E-state index in [0.29, 0.717) is 24.8 Å². The van der Waals surface area contributed by atoms with Gasteiger partial charge in [0.2, 0.25) is 5.91 Å². The van der Waals surface area contributed by atoms with Crippen LogP contribution in [0.4, 0.5) is 0 Å². The molecule has 18 heavy (non-hydrogen) atoms. The first-order chi connectivity index (χ1) is 8.29. The van der Waals surface area contributed by atoms with E-state index in [1.54, 1.807) is 25.8 Å². The molecular formula is C14H28N2O2. The summed E-state index contributed by atoms with van der Waals surface area (Å²) in [5.41, 5.74) is -0.819. The van der Waals surface area contributed by atoms with Crippen molar-refractivity contribution in [3.63, 3.8) is 0 Å². The largest absolute Gasteiger partial charge is 0.389 e. The maximum Gasteiger partial charge on any atom is 0.222 e. The minimum Gasteiger partial charge on any atom is -0.389 e. The summed E-state index contributed by atoms with van der Waals surface area (Å²) in [6.45, 7) is 8.14. The minimum absolute atomic E-state index is 0.134. The summed E-state index contributed by atoms with van der Waals surface area (Å²) in [7, 11) is 1.77. The van der Waals surface area contributed by atoms with Crippen LogP contribution < -0.4 is 5.32 Å². The van der Waals surface area contributed by atoms with Crippen LogP contribution in [0.3, 0.4) is 0 Å². The Labute approximate surface area is 111 Å². The second-order valence-corrected chi connectivity index (χ2v) is 6.35. The molecule has 4 heteroatoms. The molecule has 4 nitrogen and oxygen atoms in total. The molecule has 2 N–H and O–H groups in total. The number of nitrogens with one attached hydrogen (secondary N) is 1. The fraction of sp³-hybridized carbons (Fsp3) is 0.929. The van der Waals surface area contributed by atoms with Crippen LogP contribution >= 0.6 is 0 Å². The second-order valence-electron chi connectivity index (χ2n) is 6.35. The third-order valence-corrected chi connectivity index (χ3v) is 3.69. The zero-order valence-corrected chi connectivity index (χ0v) is 12.2. The molecule has 1 heterocycles. The van der Waals surface area contributed by atoms with Crippen LogP contribution in [0.2, 0.25) is 0 Å². The molecule has 0 saturated carbocycles. The van der Waals surface area contributed by atoms with Crippen LogP contribution in [-0.4, -0.2) is 48.2 Å². The van der Waals surface area contributed by atoms with Gasteiger partial charge in [0.05, 0.1) is 5.60 Å². The van der Waals surface area contributed by atoms with Gasteiger partial charge in [-0.15, -0.1) is 0 Å². The summed E-state index contributed by atoms with van der Waals surface area (Å²) >= 11 is 0. The van der Waals surface area contributed by atoms with Crippen LogP contribution in [0.15, 0.2) is 0 Å². The maximum atomic E-state index is 12.1. The Hall–Kier alpha value is -0.610. The van der Waals surface area contributed by atoms with E-state index in [2.05, 4.69) is 12.2 Å². The SMILES string of the molecule is CC(CC(=O)N(C)CC(C)(C)O)C1CCCNC1. The normalized spacial score (nSPS) is 22.6. The highest BCUT2D eigenvalue weighted by molar-refractivity contribution is 5.76. The first kappa shape index (κ1) is 15.4. The first-order valence-corrected chi connectivity index (χ1v) is 6.96. The van der Waals surface area contributed by atoms with Crippen molar-refractivity contribution in [1.82, 2.24) is 10.2 Å². The van der Waals surface area contributed by atoms with Crippen molar-refractivity contribution < 1.29 is 9.90 Å². The lowest BCUT2D eigenvalue weighted by atomic mass is 9.85. The number of hydrogen-bond donors (Lipinski definition) is 2. The smallest absolute Gasteiger partial charge is 0.222 e. The molecule has 1 amide bonds. The van der Waals surface area contributed by atoms with E-state index < -0.39 is 5.60 Å². The van der Waals surface area contributed by atoms with Crippen LogP contribution in [0.25, 0.3) is 0 Å². The van der Waals surface area contributed by atoms with E-state index in [9.17, 15) is 9.90 Å². The summed E-state index contributed by atoms with van der Waals surface area (Å²) in [5.74, 6) is 1.16. The number of nitrogens with zero attached hydrogens (tertiary/aromatic N) is 1. The van der Waals surface area contributed by atoms with E-state index >= 15 is 0 Å². The van der Waals surface area contributed by atoms with Crippen molar-refractivity contribution in [3.8, 4) is 0 Å². The van der Waals surface area contributed by atoms with Gasteiger partial charge in [-0.2, -0.15) is 0 Å². The molecule has 106 valence electrons. The zero-order valence-electron chi connectivity index (χ0n) is 12.2. The highest BCUT2D eigenvalue weighted by Crippen LogP contribution is 2.23. The lowest BCUT2D eigenvalue weighted by Crippen LogP contribution is -2.41. The number of rotatable bonds is 5. The predicted octanol–water partition coefficient (Wildman–Crippen LogP) is 1.24. The molecule has 1 saturated heterocycles. The van der Waals surface area contributed by atoms with Gasteiger partial charge in [-0.05, 0) is 51.6 Å². The van der Waals surface area contributed by atoms with Gasteiger partial charge >= 0.3 is 0 Å². The molecule has 2 unspecified atom stereocenters. The number of amides is 1. The van der Waals surface area contributed by atoms with Crippen molar-refractivity contribution in [3.05, 3.63) is 0 Å². The van der Waals surface area contributed by atoms with Gasteiger partial charge in [-0.1, -0.05) is 6.92 Å². The zero-order chi connectivity index (χ0) is 13.8. The first-order valence-electron chi connectivity index (χ1n) is 6.96. The highest BCUT2D eigenvalue weighted by atomic mass is 16.3. The van der Waals surface area contributed by atoms with Crippen molar-refractivity contribution in [2.24, 2.45) is 11.8 Å². The summed E-state index contributed by atoms with van der Waals surface area (Å²) in [6.07, 6.45) is 3.01. The average molecular weight is 256 g/mol. The van der Waals surface area contributed by atoms with Crippen LogP contribution in [-0.2, 0) is 4.79 Å². The lowest BCUT2D eigenvalue weighted by molar-refractivity contribution is -0.133. The Kier molecular flexibility index (Phi) is 5.60. The van der Waals surface area contributed by atoms with Crippen molar-refractivity contribution >= 4 is 5.91 Å². The molecule has 1 rings (SSSR count). The molecule has 1 aliphatic heterocycles. The number of likely N-dealkylation sites (N-methyl/N-ethyl adjacent to an activating group) is 1. The van der Waals surface area contributed by atoms with Gasteiger partial charge < -0.3 is 15.3 Å². The molecule has 0 aromatic rings. The number of aliphatic hydroxyl groups is 1. The average Bonchev–Trinajstić information content (AvgIpc) is 2.27. The van der Waals surface area contributed by atoms with Crippen LogP contribution in [0.5, 0.6) is 0 Å².